The van der Waals surface area contributed by atoms with Crippen molar-refractivity contribution in [2.24, 2.45) is 5.73 Å². The second kappa shape index (κ2) is 5.85. The summed E-state index contributed by atoms with van der Waals surface area (Å²) >= 11 is 0. The molecule has 3 N–H and O–H groups in total. The number of aromatic nitrogens is 2. The molecule has 1 aliphatic rings. The van der Waals surface area contributed by atoms with Crippen LogP contribution in [-0.4, -0.2) is 21.9 Å². The quantitative estimate of drug-likeness (QED) is 0.903. The van der Waals surface area contributed by atoms with Gasteiger partial charge in [-0.2, -0.15) is 0 Å². The minimum Gasteiger partial charge on any atom is -0.347 e. The van der Waals surface area contributed by atoms with E-state index in [1.807, 2.05) is 32.0 Å². The minimum atomic E-state index is -0.170. The Kier molecular flexibility index (Phi) is 3.90. The summed E-state index contributed by atoms with van der Waals surface area (Å²) in [5.41, 5.74) is 9.90. The molecule has 1 aromatic heterocycles. The van der Waals surface area contributed by atoms with E-state index in [9.17, 15) is 4.79 Å². The van der Waals surface area contributed by atoms with Crippen molar-refractivity contribution in [3.8, 4) is 0 Å². The lowest BCUT2D eigenvalue weighted by atomic mass is 10.1. The molecule has 0 fully saturated rings. The summed E-state index contributed by atoms with van der Waals surface area (Å²) in [5, 5.41) is 3.04. The predicted octanol–water partition coefficient (Wildman–Crippen LogP) is 1.70. The summed E-state index contributed by atoms with van der Waals surface area (Å²) in [5.74, 6) is 0.531. The van der Waals surface area contributed by atoms with Crippen molar-refractivity contribution in [3.63, 3.8) is 0 Å². The number of nitrogens with two attached hydrogens (primary N) is 1. The number of aryl methyl sites for hydroxylation is 2. The Morgan fingerprint density at radius 2 is 2.18 bits per heavy atom. The Bertz CT molecular complexity index is 714. The lowest BCUT2D eigenvalue weighted by Crippen LogP contribution is -2.41. The van der Waals surface area contributed by atoms with Crippen LogP contribution in [0.5, 0.6) is 0 Å². The highest BCUT2D eigenvalue weighted by atomic mass is 16.1. The minimum absolute atomic E-state index is 0.0871. The van der Waals surface area contributed by atoms with Crippen molar-refractivity contribution in [1.82, 2.24) is 15.3 Å². The predicted molar refractivity (Wildman–Crippen MR) is 84.5 cm³/mol. The summed E-state index contributed by atoms with van der Waals surface area (Å²) in [7, 11) is 0. The third-order valence-corrected chi connectivity index (χ3v) is 4.17. The van der Waals surface area contributed by atoms with Crippen molar-refractivity contribution < 1.29 is 4.79 Å². The van der Waals surface area contributed by atoms with Gasteiger partial charge in [-0.1, -0.05) is 31.2 Å². The monoisotopic (exact) mass is 296 g/mol. The molecule has 0 saturated carbocycles. The average Bonchev–Trinajstić information content (AvgIpc) is 2.83. The Hall–Kier alpha value is -2.27. The number of fused-ring (bicyclic) bond motifs is 1. The van der Waals surface area contributed by atoms with Gasteiger partial charge in [-0.15, -0.1) is 0 Å². The van der Waals surface area contributed by atoms with Crippen LogP contribution in [0.1, 0.15) is 46.0 Å². The standard InChI is InChI=1S/C17H20N4O/c1-3-14-13(9-19-10(2)20-14)17(22)21-15-8-11-6-4-5-7-12(11)16(15)18/h4-7,9,15-16H,3,8,18H2,1-2H3,(H,21,22)/t15-,16-/m1/s1. The van der Waals surface area contributed by atoms with Crippen molar-refractivity contribution in [2.45, 2.75) is 38.8 Å². The van der Waals surface area contributed by atoms with Crippen LogP contribution in [0.15, 0.2) is 30.5 Å². The molecule has 0 saturated heterocycles. The van der Waals surface area contributed by atoms with Crippen molar-refractivity contribution in [3.05, 3.63) is 58.7 Å². The molecular formula is C17H20N4O. The maximum Gasteiger partial charge on any atom is 0.254 e. The smallest absolute Gasteiger partial charge is 0.254 e. The molecule has 2 atom stereocenters. The van der Waals surface area contributed by atoms with Crippen molar-refractivity contribution in [2.75, 3.05) is 0 Å². The summed E-state index contributed by atoms with van der Waals surface area (Å²) in [6, 6.07) is 7.81. The van der Waals surface area contributed by atoms with E-state index in [0.29, 0.717) is 17.8 Å². The molecule has 0 aliphatic heterocycles. The van der Waals surface area contributed by atoms with Crippen molar-refractivity contribution in [1.29, 1.82) is 0 Å². The van der Waals surface area contributed by atoms with E-state index >= 15 is 0 Å². The number of carbonyl (C=O) groups excluding carboxylic acids is 1. The van der Waals surface area contributed by atoms with E-state index in [0.717, 1.165) is 17.7 Å². The molecule has 0 unspecified atom stereocenters. The second-order valence-electron chi connectivity index (χ2n) is 5.64. The molecule has 0 spiro atoms. The number of hydrogen-bond acceptors (Lipinski definition) is 4. The largest absolute Gasteiger partial charge is 0.347 e. The molecule has 1 aliphatic carbocycles. The van der Waals surface area contributed by atoms with E-state index in [-0.39, 0.29) is 18.0 Å². The molecule has 1 aromatic carbocycles. The average molecular weight is 296 g/mol. The highest BCUT2D eigenvalue weighted by molar-refractivity contribution is 5.95. The maximum absolute atomic E-state index is 12.5. The third kappa shape index (κ3) is 2.60. The van der Waals surface area contributed by atoms with Crippen LogP contribution in [0.25, 0.3) is 0 Å². The fourth-order valence-corrected chi connectivity index (χ4v) is 2.99. The maximum atomic E-state index is 12.5. The molecule has 114 valence electrons. The molecular weight excluding hydrogens is 276 g/mol. The zero-order valence-electron chi connectivity index (χ0n) is 12.8. The van der Waals surface area contributed by atoms with Gasteiger partial charge in [-0.25, -0.2) is 9.97 Å². The normalized spacial score (nSPS) is 19.8. The fraction of sp³-hybridized carbons (Fsp3) is 0.353. The summed E-state index contributed by atoms with van der Waals surface area (Å²) < 4.78 is 0. The second-order valence-corrected chi connectivity index (χ2v) is 5.64. The lowest BCUT2D eigenvalue weighted by molar-refractivity contribution is 0.0931. The van der Waals surface area contributed by atoms with Gasteiger partial charge in [0.15, 0.2) is 0 Å². The number of nitrogens with one attached hydrogen (secondary N) is 1. The van der Waals surface area contributed by atoms with Gasteiger partial charge in [0.2, 0.25) is 0 Å². The molecule has 3 rings (SSSR count). The summed E-state index contributed by atoms with van der Waals surface area (Å²) in [6.07, 6.45) is 3.06. The van der Waals surface area contributed by atoms with Crippen LogP contribution in [0.2, 0.25) is 0 Å². The first-order valence-electron chi connectivity index (χ1n) is 7.57. The van der Waals surface area contributed by atoms with Gasteiger partial charge < -0.3 is 11.1 Å². The van der Waals surface area contributed by atoms with E-state index in [1.54, 1.807) is 6.20 Å². The third-order valence-electron chi connectivity index (χ3n) is 4.17. The van der Waals surface area contributed by atoms with Crippen LogP contribution in [0.4, 0.5) is 0 Å². The first-order valence-corrected chi connectivity index (χ1v) is 7.57. The number of hydrogen-bond donors (Lipinski definition) is 2. The van der Waals surface area contributed by atoms with Crippen molar-refractivity contribution >= 4 is 5.91 Å². The first-order chi connectivity index (χ1) is 10.6. The van der Waals surface area contributed by atoms with Gasteiger partial charge in [0.1, 0.15) is 5.82 Å². The SMILES string of the molecule is CCc1nc(C)ncc1C(=O)N[C@@H]1Cc2ccccc2[C@H]1N. The fourth-order valence-electron chi connectivity index (χ4n) is 2.99. The van der Waals surface area contributed by atoms with Crippen LogP contribution in [-0.2, 0) is 12.8 Å². The van der Waals surface area contributed by atoms with Gasteiger partial charge in [0.05, 0.1) is 23.3 Å². The zero-order chi connectivity index (χ0) is 15.7. The van der Waals surface area contributed by atoms with Crippen LogP contribution >= 0.6 is 0 Å². The first kappa shape index (κ1) is 14.7. The summed E-state index contributed by atoms with van der Waals surface area (Å²) in [6.45, 7) is 3.81. The Balaban J connectivity index is 1.79. The van der Waals surface area contributed by atoms with E-state index in [1.165, 1.54) is 5.56 Å². The van der Waals surface area contributed by atoms with Gasteiger partial charge in [-0.05, 0) is 30.9 Å². The molecule has 0 radical (unpaired) electrons. The Morgan fingerprint density at radius 1 is 1.41 bits per heavy atom. The van der Waals surface area contributed by atoms with Gasteiger partial charge in [0, 0.05) is 6.20 Å². The topological polar surface area (TPSA) is 80.9 Å². The molecule has 1 heterocycles. The number of amides is 1. The van der Waals surface area contributed by atoms with E-state index in [2.05, 4.69) is 21.4 Å². The number of benzene rings is 1. The summed E-state index contributed by atoms with van der Waals surface area (Å²) in [4.78, 5) is 21.0. The molecule has 2 aromatic rings. The van der Waals surface area contributed by atoms with Crippen LogP contribution in [0.3, 0.4) is 0 Å². The highest BCUT2D eigenvalue weighted by Gasteiger charge is 2.31. The zero-order valence-corrected chi connectivity index (χ0v) is 12.8. The Labute approximate surface area is 130 Å². The number of carbonyl (C=O) groups is 1. The molecule has 22 heavy (non-hydrogen) atoms. The molecule has 5 heteroatoms. The van der Waals surface area contributed by atoms with E-state index < -0.39 is 0 Å². The highest BCUT2D eigenvalue weighted by Crippen LogP contribution is 2.29. The number of nitrogens with zero attached hydrogens (tertiary/aromatic N) is 2. The van der Waals surface area contributed by atoms with Gasteiger partial charge in [0.25, 0.3) is 5.91 Å². The molecule has 0 bridgehead atoms. The molecule has 5 nitrogen and oxygen atoms in total. The van der Waals surface area contributed by atoms with Crippen LogP contribution < -0.4 is 11.1 Å². The molecule has 1 amide bonds. The van der Waals surface area contributed by atoms with Gasteiger partial charge in [-0.3, -0.25) is 4.79 Å². The van der Waals surface area contributed by atoms with Gasteiger partial charge >= 0.3 is 0 Å². The lowest BCUT2D eigenvalue weighted by Gasteiger charge is -2.18. The van der Waals surface area contributed by atoms with E-state index in [4.69, 9.17) is 5.73 Å². The Morgan fingerprint density at radius 3 is 2.91 bits per heavy atom. The number of rotatable bonds is 3. The van der Waals surface area contributed by atoms with Crippen LogP contribution in [0, 0.1) is 6.92 Å².